The Balaban J connectivity index is 1.50. The molecule has 4 rings (SSSR count). The summed E-state index contributed by atoms with van der Waals surface area (Å²) < 4.78 is 5.41. The van der Waals surface area contributed by atoms with E-state index in [9.17, 15) is 4.79 Å². The lowest BCUT2D eigenvalue weighted by atomic mass is 10.1. The van der Waals surface area contributed by atoms with Crippen LogP contribution < -0.4 is 21.3 Å². The number of hydrogen-bond acceptors (Lipinski definition) is 8. The minimum Gasteiger partial charge on any atom is -0.397 e. The molecule has 0 aliphatic carbocycles. The van der Waals surface area contributed by atoms with E-state index in [-0.39, 0.29) is 5.91 Å². The Morgan fingerprint density at radius 2 is 1.97 bits per heavy atom. The van der Waals surface area contributed by atoms with Crippen molar-refractivity contribution < 1.29 is 9.53 Å². The SMILES string of the molecule is CC(=O)Nc1ccc(Nc2nccc(-c3ccc(N4CCOCC4)c(N)c3)n2)cn1. The maximum absolute atomic E-state index is 11.1. The van der Waals surface area contributed by atoms with Crippen LogP contribution in [0.2, 0.25) is 0 Å². The van der Waals surface area contributed by atoms with Gasteiger partial charge in [-0.05, 0) is 30.3 Å². The number of carbonyl (C=O) groups is 1. The largest absolute Gasteiger partial charge is 0.397 e. The van der Waals surface area contributed by atoms with Crippen LogP contribution in [-0.4, -0.2) is 47.2 Å². The molecule has 1 aliphatic heterocycles. The number of hydrogen-bond donors (Lipinski definition) is 3. The quantitative estimate of drug-likeness (QED) is 0.555. The predicted molar refractivity (Wildman–Crippen MR) is 117 cm³/mol. The fraction of sp³-hybridized carbons (Fsp3) is 0.238. The fourth-order valence-electron chi connectivity index (χ4n) is 3.24. The third-order valence-electron chi connectivity index (χ3n) is 4.65. The third-order valence-corrected chi connectivity index (χ3v) is 4.65. The van der Waals surface area contributed by atoms with Gasteiger partial charge in [0.25, 0.3) is 0 Å². The highest BCUT2D eigenvalue weighted by Gasteiger charge is 2.14. The van der Waals surface area contributed by atoms with Gasteiger partial charge in [-0.25, -0.2) is 15.0 Å². The zero-order valence-electron chi connectivity index (χ0n) is 16.6. The standard InChI is InChI=1S/C21H23N7O2/c1-14(29)25-20-5-3-16(13-24-20)26-21-23-7-6-18(27-21)15-2-4-19(17(22)12-15)28-8-10-30-11-9-28/h2-7,12-13H,8-11,22H2,1H3,(H,23,26,27)(H,24,25,29). The van der Waals surface area contributed by atoms with Crippen LogP contribution in [0.4, 0.5) is 28.8 Å². The topological polar surface area (TPSA) is 118 Å². The molecule has 9 nitrogen and oxygen atoms in total. The summed E-state index contributed by atoms with van der Waals surface area (Å²) in [7, 11) is 0. The summed E-state index contributed by atoms with van der Waals surface area (Å²) in [5.74, 6) is 0.758. The molecule has 1 aromatic carbocycles. The summed E-state index contributed by atoms with van der Waals surface area (Å²) in [6, 6.07) is 11.3. The number of pyridine rings is 1. The number of rotatable bonds is 5. The second-order valence-electron chi connectivity index (χ2n) is 6.88. The number of nitrogens with zero attached hydrogens (tertiary/aromatic N) is 4. The van der Waals surface area contributed by atoms with Gasteiger partial charge in [0.1, 0.15) is 5.82 Å². The van der Waals surface area contributed by atoms with E-state index in [1.165, 1.54) is 6.92 Å². The zero-order chi connectivity index (χ0) is 20.9. The van der Waals surface area contributed by atoms with Crippen molar-refractivity contribution >= 4 is 34.7 Å². The van der Waals surface area contributed by atoms with Crippen molar-refractivity contribution in [2.75, 3.05) is 47.6 Å². The molecule has 154 valence electrons. The Labute approximate surface area is 174 Å². The number of morpholine rings is 1. The lowest BCUT2D eigenvalue weighted by Gasteiger charge is -2.30. The van der Waals surface area contributed by atoms with E-state index >= 15 is 0 Å². The summed E-state index contributed by atoms with van der Waals surface area (Å²) in [6.45, 7) is 4.53. The first kappa shape index (κ1) is 19.6. The average Bonchev–Trinajstić information content (AvgIpc) is 2.75. The molecular weight excluding hydrogens is 382 g/mol. The number of aromatic nitrogens is 3. The molecule has 2 aromatic heterocycles. The van der Waals surface area contributed by atoms with Crippen LogP contribution in [0.5, 0.6) is 0 Å². The van der Waals surface area contributed by atoms with Crippen molar-refractivity contribution in [3.8, 4) is 11.3 Å². The van der Waals surface area contributed by atoms with Gasteiger partial charge in [0, 0.05) is 31.8 Å². The molecule has 3 aromatic rings. The molecule has 1 aliphatic rings. The molecule has 0 atom stereocenters. The molecule has 1 saturated heterocycles. The summed E-state index contributed by atoms with van der Waals surface area (Å²) in [5.41, 5.74) is 10.4. The number of anilines is 5. The number of nitrogens with one attached hydrogen (secondary N) is 2. The minimum atomic E-state index is -0.168. The van der Waals surface area contributed by atoms with Gasteiger partial charge in [0.15, 0.2) is 0 Å². The Bertz CT molecular complexity index is 1030. The number of nitrogen functional groups attached to an aromatic ring is 1. The van der Waals surface area contributed by atoms with Gasteiger partial charge in [-0.2, -0.15) is 0 Å². The van der Waals surface area contributed by atoms with Crippen LogP contribution in [-0.2, 0) is 9.53 Å². The van der Waals surface area contributed by atoms with Crippen molar-refractivity contribution in [1.29, 1.82) is 0 Å². The van der Waals surface area contributed by atoms with E-state index in [4.69, 9.17) is 10.5 Å². The first-order valence-electron chi connectivity index (χ1n) is 9.65. The van der Waals surface area contributed by atoms with Crippen molar-refractivity contribution in [3.63, 3.8) is 0 Å². The number of benzene rings is 1. The lowest BCUT2D eigenvalue weighted by molar-refractivity contribution is -0.114. The van der Waals surface area contributed by atoms with Crippen molar-refractivity contribution in [1.82, 2.24) is 15.0 Å². The van der Waals surface area contributed by atoms with Crippen LogP contribution in [0, 0.1) is 0 Å². The van der Waals surface area contributed by atoms with Gasteiger partial charge in [-0.3, -0.25) is 4.79 Å². The number of nitrogens with two attached hydrogens (primary N) is 1. The molecule has 0 unspecified atom stereocenters. The van der Waals surface area contributed by atoms with E-state index < -0.39 is 0 Å². The molecule has 9 heteroatoms. The van der Waals surface area contributed by atoms with Gasteiger partial charge < -0.3 is 26.0 Å². The molecule has 0 bridgehead atoms. The van der Waals surface area contributed by atoms with Crippen LogP contribution in [0.15, 0.2) is 48.8 Å². The van der Waals surface area contributed by atoms with E-state index in [0.717, 1.165) is 30.0 Å². The highest BCUT2D eigenvalue weighted by Crippen LogP contribution is 2.29. The highest BCUT2D eigenvalue weighted by molar-refractivity contribution is 5.87. The second-order valence-corrected chi connectivity index (χ2v) is 6.88. The minimum absolute atomic E-state index is 0.168. The van der Waals surface area contributed by atoms with E-state index in [2.05, 4.69) is 30.5 Å². The second kappa shape index (κ2) is 8.75. The van der Waals surface area contributed by atoms with Gasteiger partial charge in [0.2, 0.25) is 11.9 Å². The van der Waals surface area contributed by atoms with Crippen LogP contribution in [0.1, 0.15) is 6.92 Å². The first-order valence-corrected chi connectivity index (χ1v) is 9.65. The van der Waals surface area contributed by atoms with E-state index in [0.29, 0.717) is 36.4 Å². The Kier molecular flexibility index (Phi) is 5.71. The van der Waals surface area contributed by atoms with E-state index in [1.807, 2.05) is 24.3 Å². The molecule has 1 fully saturated rings. The number of carbonyl (C=O) groups excluding carboxylic acids is 1. The van der Waals surface area contributed by atoms with Crippen LogP contribution >= 0.6 is 0 Å². The lowest BCUT2D eigenvalue weighted by Crippen LogP contribution is -2.36. The molecule has 0 spiro atoms. The van der Waals surface area contributed by atoms with Gasteiger partial charge in [-0.1, -0.05) is 6.07 Å². The zero-order valence-corrected chi connectivity index (χ0v) is 16.6. The molecule has 0 radical (unpaired) electrons. The van der Waals surface area contributed by atoms with Crippen molar-refractivity contribution in [2.24, 2.45) is 0 Å². The Morgan fingerprint density at radius 3 is 2.67 bits per heavy atom. The normalized spacial score (nSPS) is 13.7. The van der Waals surface area contributed by atoms with Crippen LogP contribution in [0.25, 0.3) is 11.3 Å². The van der Waals surface area contributed by atoms with Crippen molar-refractivity contribution in [3.05, 3.63) is 48.8 Å². The molecule has 3 heterocycles. The van der Waals surface area contributed by atoms with Crippen molar-refractivity contribution in [2.45, 2.75) is 6.92 Å². The summed E-state index contributed by atoms with van der Waals surface area (Å²) in [6.07, 6.45) is 3.30. The predicted octanol–water partition coefficient (Wildman–Crippen LogP) is 2.66. The molecule has 1 amide bonds. The molecule has 4 N–H and O–H groups in total. The first-order chi connectivity index (χ1) is 14.6. The third kappa shape index (κ3) is 4.64. The average molecular weight is 405 g/mol. The maximum atomic E-state index is 11.1. The molecule has 30 heavy (non-hydrogen) atoms. The summed E-state index contributed by atoms with van der Waals surface area (Å²) in [4.78, 5) is 26.4. The van der Waals surface area contributed by atoms with Crippen LogP contribution in [0.3, 0.4) is 0 Å². The maximum Gasteiger partial charge on any atom is 0.227 e. The van der Waals surface area contributed by atoms with E-state index in [1.54, 1.807) is 24.5 Å². The Hall–Kier alpha value is -3.72. The number of ether oxygens (including phenoxy) is 1. The fourth-order valence-corrected chi connectivity index (χ4v) is 3.24. The van der Waals surface area contributed by atoms with Gasteiger partial charge in [0.05, 0.1) is 42.2 Å². The molecular formula is C21H23N7O2. The van der Waals surface area contributed by atoms with Gasteiger partial charge >= 0.3 is 0 Å². The highest BCUT2D eigenvalue weighted by atomic mass is 16.5. The summed E-state index contributed by atoms with van der Waals surface area (Å²) in [5, 5.41) is 5.75. The smallest absolute Gasteiger partial charge is 0.227 e. The monoisotopic (exact) mass is 405 g/mol. The molecule has 0 saturated carbocycles. The summed E-state index contributed by atoms with van der Waals surface area (Å²) >= 11 is 0. The Morgan fingerprint density at radius 1 is 1.13 bits per heavy atom. The van der Waals surface area contributed by atoms with Gasteiger partial charge in [-0.15, -0.1) is 0 Å². The number of amides is 1.